The minimum absolute atomic E-state index is 0.0129. The minimum atomic E-state index is -0.258. The van der Waals surface area contributed by atoms with Crippen LogP contribution in [0.4, 0.5) is 4.79 Å². The summed E-state index contributed by atoms with van der Waals surface area (Å²) in [5.41, 5.74) is 0.691. The van der Waals surface area contributed by atoms with Crippen LogP contribution in [0.3, 0.4) is 0 Å². The second-order valence-electron chi connectivity index (χ2n) is 4.54. The van der Waals surface area contributed by atoms with Crippen molar-refractivity contribution < 1.29 is 14.3 Å². The van der Waals surface area contributed by atoms with E-state index < -0.39 is 0 Å². The Hall–Kier alpha value is -2.04. The molecule has 0 spiro atoms. The molecular weight excluding hydrogens is 232 g/mol. The van der Waals surface area contributed by atoms with Crippen LogP contribution in [0.25, 0.3) is 0 Å². The number of amides is 2. The van der Waals surface area contributed by atoms with Gasteiger partial charge in [0.1, 0.15) is 6.61 Å². The number of nitrogens with zero attached hydrogens (tertiary/aromatic N) is 2. The van der Waals surface area contributed by atoms with Crippen molar-refractivity contribution in [2.45, 2.75) is 6.04 Å². The molecule has 2 amide bonds. The fraction of sp³-hybridized carbons (Fsp3) is 0.385. The Bertz CT molecular complexity index is 474. The quantitative estimate of drug-likeness (QED) is 0.741. The van der Waals surface area contributed by atoms with E-state index in [1.54, 1.807) is 9.80 Å². The average Bonchev–Trinajstić information content (AvgIpc) is 2.80. The molecule has 0 bridgehead atoms. The third-order valence-corrected chi connectivity index (χ3v) is 3.42. The zero-order valence-electron chi connectivity index (χ0n) is 9.91. The molecule has 2 fully saturated rings. The topological polar surface area (TPSA) is 49.9 Å². The van der Waals surface area contributed by atoms with Gasteiger partial charge in [-0.15, -0.1) is 0 Å². The van der Waals surface area contributed by atoms with E-state index in [9.17, 15) is 9.59 Å². The Labute approximate surface area is 105 Å². The van der Waals surface area contributed by atoms with Crippen molar-refractivity contribution in [1.82, 2.24) is 9.80 Å². The van der Waals surface area contributed by atoms with Gasteiger partial charge in [0.15, 0.2) is 0 Å². The van der Waals surface area contributed by atoms with Crippen LogP contribution in [0, 0.1) is 0 Å². The molecule has 18 heavy (non-hydrogen) atoms. The van der Waals surface area contributed by atoms with Crippen LogP contribution in [0.15, 0.2) is 30.3 Å². The highest BCUT2D eigenvalue weighted by Gasteiger charge is 2.38. The van der Waals surface area contributed by atoms with E-state index in [2.05, 4.69) is 0 Å². The van der Waals surface area contributed by atoms with Crippen LogP contribution in [-0.4, -0.2) is 54.1 Å². The van der Waals surface area contributed by atoms with E-state index in [1.807, 2.05) is 30.3 Å². The molecule has 5 nitrogen and oxygen atoms in total. The molecule has 3 rings (SSSR count). The second-order valence-corrected chi connectivity index (χ2v) is 4.54. The SMILES string of the molecule is O=C(c1ccccc1)N1CCN2C(=O)OC[C@@H]2C1. The molecular formula is C13H14N2O3. The average molecular weight is 246 g/mol. The number of fused-ring (bicyclic) bond motifs is 1. The van der Waals surface area contributed by atoms with Crippen LogP contribution >= 0.6 is 0 Å². The van der Waals surface area contributed by atoms with Crippen molar-refractivity contribution in [3.05, 3.63) is 35.9 Å². The van der Waals surface area contributed by atoms with Crippen molar-refractivity contribution in [2.24, 2.45) is 0 Å². The van der Waals surface area contributed by atoms with Crippen molar-refractivity contribution in [2.75, 3.05) is 26.2 Å². The lowest BCUT2D eigenvalue weighted by Gasteiger charge is -2.35. The third-order valence-electron chi connectivity index (χ3n) is 3.42. The first-order valence-electron chi connectivity index (χ1n) is 6.03. The summed E-state index contributed by atoms with van der Waals surface area (Å²) in [6, 6.07) is 9.23. The molecule has 0 radical (unpaired) electrons. The van der Waals surface area contributed by atoms with E-state index in [-0.39, 0.29) is 18.0 Å². The van der Waals surface area contributed by atoms with Gasteiger partial charge in [-0.25, -0.2) is 4.79 Å². The van der Waals surface area contributed by atoms with Gasteiger partial charge in [0.2, 0.25) is 0 Å². The number of hydrogen-bond acceptors (Lipinski definition) is 3. The first-order valence-corrected chi connectivity index (χ1v) is 6.03. The van der Waals surface area contributed by atoms with E-state index in [0.29, 0.717) is 31.8 Å². The van der Waals surface area contributed by atoms with Crippen molar-refractivity contribution >= 4 is 12.0 Å². The van der Waals surface area contributed by atoms with Gasteiger partial charge in [0, 0.05) is 25.2 Å². The molecule has 2 saturated heterocycles. The highest BCUT2D eigenvalue weighted by Crippen LogP contribution is 2.19. The summed E-state index contributed by atoms with van der Waals surface area (Å²) in [6.45, 7) is 2.07. The van der Waals surface area contributed by atoms with Gasteiger partial charge in [-0.1, -0.05) is 18.2 Å². The van der Waals surface area contributed by atoms with E-state index in [0.717, 1.165) is 0 Å². The zero-order chi connectivity index (χ0) is 12.5. The van der Waals surface area contributed by atoms with Crippen molar-refractivity contribution in [3.8, 4) is 0 Å². The molecule has 0 N–H and O–H groups in total. The third kappa shape index (κ3) is 1.81. The summed E-state index contributed by atoms with van der Waals surface area (Å²) < 4.78 is 4.98. The van der Waals surface area contributed by atoms with Gasteiger partial charge >= 0.3 is 6.09 Å². The number of cyclic esters (lactones) is 1. The summed E-state index contributed by atoms with van der Waals surface area (Å²) in [7, 11) is 0. The molecule has 2 aliphatic heterocycles. The van der Waals surface area contributed by atoms with Gasteiger partial charge in [-0.05, 0) is 12.1 Å². The normalized spacial score (nSPS) is 22.7. The highest BCUT2D eigenvalue weighted by atomic mass is 16.6. The van der Waals surface area contributed by atoms with Gasteiger partial charge in [-0.2, -0.15) is 0 Å². The number of hydrogen-bond donors (Lipinski definition) is 0. The maximum Gasteiger partial charge on any atom is 0.410 e. The molecule has 94 valence electrons. The molecule has 2 heterocycles. The summed E-state index contributed by atoms with van der Waals surface area (Å²) in [6.07, 6.45) is -0.258. The lowest BCUT2D eigenvalue weighted by atomic mass is 10.1. The predicted octanol–water partition coefficient (Wildman–Crippen LogP) is 0.963. The van der Waals surface area contributed by atoms with Crippen LogP contribution in [0.2, 0.25) is 0 Å². The number of benzene rings is 1. The van der Waals surface area contributed by atoms with Crippen LogP contribution in [0.1, 0.15) is 10.4 Å². The predicted molar refractivity (Wildman–Crippen MR) is 64.2 cm³/mol. The van der Waals surface area contributed by atoms with Crippen molar-refractivity contribution in [1.29, 1.82) is 0 Å². The maximum atomic E-state index is 12.3. The largest absolute Gasteiger partial charge is 0.447 e. The fourth-order valence-electron chi connectivity index (χ4n) is 2.44. The fourth-order valence-corrected chi connectivity index (χ4v) is 2.44. The Morgan fingerprint density at radius 3 is 2.78 bits per heavy atom. The smallest absolute Gasteiger partial charge is 0.410 e. The maximum absolute atomic E-state index is 12.3. The Balaban J connectivity index is 1.72. The van der Waals surface area contributed by atoms with Crippen molar-refractivity contribution in [3.63, 3.8) is 0 Å². The number of carbonyl (C=O) groups excluding carboxylic acids is 2. The summed E-state index contributed by atoms with van der Waals surface area (Å²) >= 11 is 0. The summed E-state index contributed by atoms with van der Waals surface area (Å²) in [5, 5.41) is 0. The van der Waals surface area contributed by atoms with Crippen LogP contribution < -0.4 is 0 Å². The van der Waals surface area contributed by atoms with E-state index in [4.69, 9.17) is 4.74 Å². The molecule has 1 aromatic carbocycles. The van der Waals surface area contributed by atoms with E-state index >= 15 is 0 Å². The Kier molecular flexibility index (Phi) is 2.66. The standard InChI is InChI=1S/C13H14N2O3/c16-12(10-4-2-1-3-5-10)14-6-7-15-11(8-14)9-18-13(15)17/h1-5,11H,6-9H2/t11-/m0/s1. The zero-order valence-corrected chi connectivity index (χ0v) is 9.91. The Morgan fingerprint density at radius 1 is 1.22 bits per heavy atom. The number of carbonyl (C=O) groups is 2. The molecule has 1 aromatic rings. The highest BCUT2D eigenvalue weighted by molar-refractivity contribution is 5.94. The Morgan fingerprint density at radius 2 is 2.00 bits per heavy atom. The minimum Gasteiger partial charge on any atom is -0.447 e. The van der Waals surface area contributed by atoms with Crippen LogP contribution in [-0.2, 0) is 4.74 Å². The molecule has 0 aromatic heterocycles. The summed E-state index contributed by atoms with van der Waals surface area (Å²) in [5.74, 6) is 0.0228. The summed E-state index contributed by atoms with van der Waals surface area (Å²) in [4.78, 5) is 27.1. The molecule has 0 unspecified atom stereocenters. The van der Waals surface area contributed by atoms with Gasteiger partial charge in [-0.3, -0.25) is 9.69 Å². The van der Waals surface area contributed by atoms with Gasteiger partial charge < -0.3 is 9.64 Å². The van der Waals surface area contributed by atoms with E-state index in [1.165, 1.54) is 0 Å². The van der Waals surface area contributed by atoms with Gasteiger partial charge in [0.05, 0.1) is 6.04 Å². The monoisotopic (exact) mass is 246 g/mol. The molecule has 1 atom stereocenters. The number of ether oxygens (including phenoxy) is 1. The van der Waals surface area contributed by atoms with Crippen LogP contribution in [0.5, 0.6) is 0 Å². The lowest BCUT2D eigenvalue weighted by molar-refractivity contribution is 0.0617. The molecule has 0 aliphatic carbocycles. The first kappa shape index (κ1) is 11.1. The second kappa shape index (κ2) is 4.33. The number of piperazine rings is 1. The molecule has 2 aliphatic rings. The first-order chi connectivity index (χ1) is 8.75. The lowest BCUT2D eigenvalue weighted by Crippen LogP contribution is -2.53. The molecule has 0 saturated carbocycles. The number of rotatable bonds is 1. The van der Waals surface area contributed by atoms with Gasteiger partial charge in [0.25, 0.3) is 5.91 Å². The molecule has 5 heteroatoms.